The normalized spacial score (nSPS) is 18.6. The maximum Gasteiger partial charge on any atom is 0.327 e. The van der Waals surface area contributed by atoms with E-state index in [0.29, 0.717) is 0 Å². The lowest BCUT2D eigenvalue weighted by molar-refractivity contribution is -0.147. The zero-order valence-corrected chi connectivity index (χ0v) is 11.1. The molecule has 0 radical (unpaired) electrons. The number of H-pyrrole nitrogens is 1. The Balaban J connectivity index is 2.33. The average molecular weight is 252 g/mol. The van der Waals surface area contributed by atoms with Gasteiger partial charge >= 0.3 is 5.97 Å². The van der Waals surface area contributed by atoms with Gasteiger partial charge in [-0.15, -0.1) is 0 Å². The van der Waals surface area contributed by atoms with Crippen LogP contribution in [0.3, 0.4) is 0 Å². The predicted octanol–water partition coefficient (Wildman–Crippen LogP) is 0.146. The Bertz CT molecular complexity index is 404. The van der Waals surface area contributed by atoms with E-state index in [-0.39, 0.29) is 12.0 Å². The van der Waals surface area contributed by atoms with Gasteiger partial charge in [0.25, 0.3) is 0 Å². The van der Waals surface area contributed by atoms with Crippen LogP contribution in [0, 0.1) is 13.8 Å². The molecule has 1 saturated heterocycles. The number of aromatic nitrogens is 2. The van der Waals surface area contributed by atoms with Crippen LogP contribution in [0.5, 0.6) is 0 Å². The highest BCUT2D eigenvalue weighted by atomic mass is 16.5. The molecule has 18 heavy (non-hydrogen) atoms. The van der Waals surface area contributed by atoms with Crippen LogP contribution < -0.4 is 5.32 Å². The van der Waals surface area contributed by atoms with Crippen molar-refractivity contribution in [3.8, 4) is 0 Å². The highest BCUT2D eigenvalue weighted by molar-refractivity contribution is 5.78. The Morgan fingerprint density at radius 1 is 1.39 bits per heavy atom. The summed E-state index contributed by atoms with van der Waals surface area (Å²) in [6.45, 7) is 7.31. The minimum Gasteiger partial charge on any atom is -0.468 e. The number of hydrogen-bond acceptors (Lipinski definition) is 5. The summed E-state index contributed by atoms with van der Waals surface area (Å²) >= 11 is 0. The quantitative estimate of drug-likeness (QED) is 0.749. The summed E-state index contributed by atoms with van der Waals surface area (Å²) in [4.78, 5) is 14.2. The lowest BCUT2D eigenvalue weighted by atomic mass is 10.0. The van der Waals surface area contributed by atoms with Crippen LogP contribution in [0.2, 0.25) is 0 Å². The van der Waals surface area contributed by atoms with Crippen LogP contribution in [0.4, 0.5) is 0 Å². The number of hydrogen-bond donors (Lipinski definition) is 2. The fraction of sp³-hybridized carbons (Fsp3) is 0.667. The number of carbonyl (C=O) groups excluding carboxylic acids is 1. The van der Waals surface area contributed by atoms with Crippen LogP contribution in [0.25, 0.3) is 0 Å². The lowest BCUT2D eigenvalue weighted by Crippen LogP contribution is -2.47. The molecule has 6 nitrogen and oxygen atoms in total. The standard InChI is InChI=1S/C12H20N4O2/c1-8-10(9(2)15-14-8)11(12(17)18-3)16-6-4-13-5-7-16/h11,13H,4-7H2,1-3H3,(H,14,15). The fourth-order valence-corrected chi connectivity index (χ4v) is 2.46. The van der Waals surface area contributed by atoms with Crippen molar-refractivity contribution in [3.05, 3.63) is 17.0 Å². The number of aryl methyl sites for hydroxylation is 2. The summed E-state index contributed by atoms with van der Waals surface area (Å²) in [5.41, 5.74) is 2.74. The Labute approximate surface area is 107 Å². The van der Waals surface area contributed by atoms with Crippen molar-refractivity contribution in [2.24, 2.45) is 0 Å². The minimum absolute atomic E-state index is 0.218. The van der Waals surface area contributed by atoms with E-state index in [1.807, 2.05) is 13.8 Å². The third kappa shape index (κ3) is 2.39. The third-order valence-electron chi connectivity index (χ3n) is 3.40. The highest BCUT2D eigenvalue weighted by Crippen LogP contribution is 2.27. The first-order chi connectivity index (χ1) is 8.65. The molecule has 100 valence electrons. The van der Waals surface area contributed by atoms with Gasteiger partial charge in [-0.1, -0.05) is 0 Å². The number of nitrogens with zero attached hydrogens (tertiary/aromatic N) is 2. The van der Waals surface area contributed by atoms with Crippen molar-refractivity contribution in [3.63, 3.8) is 0 Å². The van der Waals surface area contributed by atoms with Gasteiger partial charge in [0, 0.05) is 37.4 Å². The number of piperazine rings is 1. The third-order valence-corrected chi connectivity index (χ3v) is 3.40. The van der Waals surface area contributed by atoms with Crippen LogP contribution in [0.15, 0.2) is 0 Å². The molecule has 1 aliphatic rings. The maximum absolute atomic E-state index is 12.1. The largest absolute Gasteiger partial charge is 0.468 e. The number of aromatic amines is 1. The van der Waals surface area contributed by atoms with E-state index in [1.165, 1.54) is 7.11 Å². The van der Waals surface area contributed by atoms with E-state index < -0.39 is 0 Å². The molecule has 1 atom stereocenters. The molecule has 1 unspecified atom stereocenters. The van der Waals surface area contributed by atoms with Crippen molar-refractivity contribution in [1.82, 2.24) is 20.4 Å². The molecule has 0 bridgehead atoms. The monoisotopic (exact) mass is 252 g/mol. The van der Waals surface area contributed by atoms with E-state index in [2.05, 4.69) is 20.4 Å². The summed E-state index contributed by atoms with van der Waals surface area (Å²) in [6, 6.07) is -0.351. The number of esters is 1. The fourth-order valence-electron chi connectivity index (χ4n) is 2.46. The van der Waals surface area contributed by atoms with Gasteiger partial charge in [-0.25, -0.2) is 4.79 Å². The summed E-state index contributed by atoms with van der Waals surface area (Å²) < 4.78 is 4.96. The van der Waals surface area contributed by atoms with Gasteiger partial charge in [0.1, 0.15) is 6.04 Å². The summed E-state index contributed by atoms with van der Waals surface area (Å²) in [5, 5.41) is 10.4. The molecular weight excluding hydrogens is 232 g/mol. The Morgan fingerprint density at radius 2 is 2.06 bits per heavy atom. The molecule has 2 N–H and O–H groups in total. The second kappa shape index (κ2) is 5.49. The van der Waals surface area contributed by atoms with Crippen molar-refractivity contribution < 1.29 is 9.53 Å². The molecule has 6 heteroatoms. The van der Waals surface area contributed by atoms with Gasteiger partial charge < -0.3 is 10.1 Å². The number of methoxy groups -OCH3 is 1. The molecule has 1 aliphatic heterocycles. The van der Waals surface area contributed by atoms with Gasteiger partial charge in [-0.3, -0.25) is 10.00 Å². The Hall–Kier alpha value is -1.40. The van der Waals surface area contributed by atoms with Crippen molar-refractivity contribution in [2.75, 3.05) is 33.3 Å². The zero-order valence-electron chi connectivity index (χ0n) is 11.1. The first-order valence-electron chi connectivity index (χ1n) is 6.19. The van der Waals surface area contributed by atoms with Crippen LogP contribution in [-0.4, -0.2) is 54.4 Å². The molecule has 0 aliphatic carbocycles. The smallest absolute Gasteiger partial charge is 0.327 e. The molecule has 2 rings (SSSR count). The molecule has 0 spiro atoms. The molecule has 1 fully saturated rings. The number of carbonyl (C=O) groups is 1. The predicted molar refractivity (Wildman–Crippen MR) is 67.3 cm³/mol. The molecular formula is C12H20N4O2. The van der Waals surface area contributed by atoms with Crippen molar-refractivity contribution >= 4 is 5.97 Å². The van der Waals surface area contributed by atoms with Gasteiger partial charge in [0.15, 0.2) is 0 Å². The van der Waals surface area contributed by atoms with E-state index in [9.17, 15) is 4.79 Å². The van der Waals surface area contributed by atoms with Gasteiger partial charge in [0.2, 0.25) is 0 Å². The SMILES string of the molecule is COC(=O)C(c1c(C)n[nH]c1C)N1CCNCC1. The van der Waals surface area contributed by atoms with E-state index >= 15 is 0 Å². The minimum atomic E-state index is -0.351. The Morgan fingerprint density at radius 3 is 2.56 bits per heavy atom. The van der Waals surface area contributed by atoms with Crippen molar-refractivity contribution in [1.29, 1.82) is 0 Å². The Kier molecular flexibility index (Phi) is 3.98. The van der Waals surface area contributed by atoms with Gasteiger partial charge in [-0.05, 0) is 13.8 Å². The van der Waals surface area contributed by atoms with Crippen LogP contribution in [-0.2, 0) is 9.53 Å². The summed E-state index contributed by atoms with van der Waals surface area (Å²) in [5.74, 6) is -0.218. The first kappa shape index (κ1) is 13.0. The van der Waals surface area contributed by atoms with Crippen molar-refractivity contribution in [2.45, 2.75) is 19.9 Å². The van der Waals surface area contributed by atoms with Gasteiger partial charge in [0.05, 0.1) is 12.8 Å². The van der Waals surface area contributed by atoms with Crippen LogP contribution in [0.1, 0.15) is 23.0 Å². The number of rotatable bonds is 3. The van der Waals surface area contributed by atoms with Crippen LogP contribution >= 0.6 is 0 Å². The highest BCUT2D eigenvalue weighted by Gasteiger charge is 2.33. The molecule has 1 aromatic heterocycles. The summed E-state index contributed by atoms with van der Waals surface area (Å²) in [6.07, 6.45) is 0. The second-order valence-corrected chi connectivity index (χ2v) is 4.56. The van der Waals surface area contributed by atoms with E-state index in [0.717, 1.165) is 43.1 Å². The van der Waals surface area contributed by atoms with E-state index in [1.54, 1.807) is 0 Å². The van der Waals surface area contributed by atoms with Gasteiger partial charge in [-0.2, -0.15) is 5.10 Å². The summed E-state index contributed by atoms with van der Waals surface area (Å²) in [7, 11) is 1.43. The molecule has 2 heterocycles. The average Bonchev–Trinajstić information content (AvgIpc) is 2.72. The maximum atomic E-state index is 12.1. The first-order valence-corrected chi connectivity index (χ1v) is 6.19. The lowest BCUT2D eigenvalue weighted by Gasteiger charge is -2.33. The zero-order chi connectivity index (χ0) is 13.1. The second-order valence-electron chi connectivity index (χ2n) is 4.56. The molecule has 0 aromatic carbocycles. The molecule has 1 aromatic rings. The molecule has 0 saturated carbocycles. The molecule has 0 amide bonds. The van der Waals surface area contributed by atoms with E-state index in [4.69, 9.17) is 4.74 Å². The number of nitrogens with one attached hydrogen (secondary N) is 2. The number of ether oxygens (including phenoxy) is 1. The topological polar surface area (TPSA) is 70.2 Å².